The summed E-state index contributed by atoms with van der Waals surface area (Å²) in [6.07, 6.45) is 8.66. The molecule has 0 spiro atoms. The molecule has 0 unspecified atom stereocenters. The van der Waals surface area contributed by atoms with Crippen molar-refractivity contribution >= 4 is 81.7 Å². The van der Waals surface area contributed by atoms with Crippen molar-refractivity contribution in [2.24, 2.45) is 0 Å². The summed E-state index contributed by atoms with van der Waals surface area (Å²) in [5.74, 6) is 0.917. The van der Waals surface area contributed by atoms with Gasteiger partial charge in [-0.3, -0.25) is 4.57 Å². The van der Waals surface area contributed by atoms with Crippen LogP contribution >= 0.6 is 0 Å². The second-order valence-electron chi connectivity index (χ2n) is 19.3. The normalized spacial score (nSPS) is 12.0. The molecule has 14 aromatic rings. The highest BCUT2D eigenvalue weighted by molar-refractivity contribution is 6.23. The predicted molar refractivity (Wildman–Crippen MR) is 317 cm³/mol. The molecule has 0 N–H and O–H groups in total. The Kier molecular flexibility index (Phi) is 10.4. The Morgan fingerprint density at radius 1 is 0.338 bits per heavy atom. The molecule has 1 heterocycles. The lowest BCUT2D eigenvalue weighted by molar-refractivity contribution is 1.11. The largest absolute Gasteiger partial charge is 0.292 e. The average molecular weight is 941 g/mol. The van der Waals surface area contributed by atoms with Crippen molar-refractivity contribution in [1.29, 1.82) is 0 Å². The molecule has 2 heteroatoms. The molecule has 13 aromatic carbocycles. The molecule has 1 aromatic heterocycles. The molecule has 0 amide bonds. The number of aromatic nitrogens is 2. The summed E-state index contributed by atoms with van der Waals surface area (Å²) in [6.45, 7) is 2.07. The van der Waals surface area contributed by atoms with E-state index in [1.807, 2.05) is 0 Å². The minimum atomic E-state index is 0.917. The van der Waals surface area contributed by atoms with Crippen molar-refractivity contribution in [2.45, 2.75) is 6.92 Å². The SMILES string of the molecule is C/C=C\C=C/c1cc(-c2ccc(-c3nc4ccccc4n3-c3cccc4ccccc34)cc2)c2ccccc2c1-c1ccc2c(-c3ccc4ccccc4c3)c3ccccc3c(-c3ccc4ccccc4c3)c2c1. The zero-order valence-electron chi connectivity index (χ0n) is 40.9. The molecule has 346 valence electrons. The third kappa shape index (κ3) is 7.22. The molecular formula is C72H48N2. The monoisotopic (exact) mass is 940 g/mol. The number of fused-ring (bicyclic) bond motifs is 7. The molecule has 0 fully saturated rings. The van der Waals surface area contributed by atoms with Crippen molar-refractivity contribution in [3.05, 3.63) is 273 Å². The van der Waals surface area contributed by atoms with Crippen LogP contribution in [0.3, 0.4) is 0 Å². The number of para-hydroxylation sites is 2. The fourth-order valence-corrected chi connectivity index (χ4v) is 11.7. The minimum absolute atomic E-state index is 0.917. The third-order valence-corrected chi connectivity index (χ3v) is 15.1. The van der Waals surface area contributed by atoms with Crippen LogP contribution in [0.2, 0.25) is 0 Å². The molecule has 74 heavy (non-hydrogen) atoms. The maximum atomic E-state index is 5.28. The molecule has 0 atom stereocenters. The van der Waals surface area contributed by atoms with Gasteiger partial charge in [0, 0.05) is 10.9 Å². The lowest BCUT2D eigenvalue weighted by Crippen LogP contribution is -1.98. The van der Waals surface area contributed by atoms with Gasteiger partial charge in [0.2, 0.25) is 0 Å². The zero-order valence-corrected chi connectivity index (χ0v) is 40.9. The van der Waals surface area contributed by atoms with Crippen LogP contribution < -0.4 is 0 Å². The van der Waals surface area contributed by atoms with E-state index in [-0.39, 0.29) is 0 Å². The fourth-order valence-electron chi connectivity index (χ4n) is 11.7. The number of hydrogen-bond donors (Lipinski definition) is 0. The number of nitrogens with zero attached hydrogens (tertiary/aromatic N) is 2. The first-order chi connectivity index (χ1) is 36.7. The molecule has 0 aliphatic heterocycles. The van der Waals surface area contributed by atoms with Crippen molar-refractivity contribution in [2.75, 3.05) is 0 Å². The van der Waals surface area contributed by atoms with E-state index in [9.17, 15) is 0 Å². The Bertz CT molecular complexity index is 4600. The number of rotatable bonds is 8. The van der Waals surface area contributed by atoms with Gasteiger partial charge in [0.05, 0.1) is 16.7 Å². The molecule has 0 aliphatic carbocycles. The van der Waals surface area contributed by atoms with Crippen molar-refractivity contribution in [3.63, 3.8) is 0 Å². The quantitative estimate of drug-likeness (QED) is 0.110. The average Bonchev–Trinajstić information content (AvgIpc) is 3.89. The van der Waals surface area contributed by atoms with E-state index in [1.165, 1.54) is 104 Å². The predicted octanol–water partition coefficient (Wildman–Crippen LogP) is 19.9. The molecular weight excluding hydrogens is 893 g/mol. The van der Waals surface area contributed by atoms with Gasteiger partial charge in [-0.2, -0.15) is 0 Å². The molecule has 0 saturated carbocycles. The highest BCUT2D eigenvalue weighted by atomic mass is 15.1. The first-order valence-corrected chi connectivity index (χ1v) is 25.6. The van der Waals surface area contributed by atoms with Gasteiger partial charge < -0.3 is 0 Å². The number of hydrogen-bond acceptors (Lipinski definition) is 1. The summed E-state index contributed by atoms with van der Waals surface area (Å²) in [7, 11) is 0. The first-order valence-electron chi connectivity index (χ1n) is 25.6. The Morgan fingerprint density at radius 3 is 1.53 bits per heavy atom. The van der Waals surface area contributed by atoms with Crippen molar-refractivity contribution in [3.8, 4) is 61.6 Å². The number of imidazole rings is 1. The Morgan fingerprint density at radius 2 is 0.838 bits per heavy atom. The van der Waals surface area contributed by atoms with Crippen LogP contribution in [0.25, 0.3) is 143 Å². The fraction of sp³-hybridized carbons (Fsp3) is 0.0139. The highest BCUT2D eigenvalue weighted by Gasteiger charge is 2.22. The Balaban J connectivity index is 0.978. The first kappa shape index (κ1) is 43.2. The zero-order chi connectivity index (χ0) is 49.1. The van der Waals surface area contributed by atoms with Gasteiger partial charge in [-0.05, 0) is 159 Å². The van der Waals surface area contributed by atoms with Crippen LogP contribution in [0, 0.1) is 0 Å². The summed E-state index contributed by atoms with van der Waals surface area (Å²) < 4.78 is 2.32. The standard InChI is InChI=1S/C72H48N2/c1-2-3-4-23-54-45-64(50-35-37-51(38-36-50)72-73-66-30-15-16-31-68(66)74(72)67-32-17-24-49-20-9-10-25-58(49)67)59-26-11-12-27-60(59)69(54)57-41-42-63-65(46-57)71(56-40-34-48-19-6-8-22-53(48)44-56)62-29-14-13-28-61(62)70(63)55-39-33-47-18-5-7-21-52(47)43-55/h2-46H,1H3/b3-2-,23-4-. The molecule has 2 nitrogen and oxygen atoms in total. The van der Waals surface area contributed by atoms with Gasteiger partial charge in [0.25, 0.3) is 0 Å². The van der Waals surface area contributed by atoms with Gasteiger partial charge in [-0.15, -0.1) is 0 Å². The summed E-state index contributed by atoms with van der Waals surface area (Å²) in [4.78, 5) is 5.28. The summed E-state index contributed by atoms with van der Waals surface area (Å²) in [5, 5.41) is 14.7. The van der Waals surface area contributed by atoms with Crippen LogP contribution in [-0.4, -0.2) is 9.55 Å². The molecule has 0 radical (unpaired) electrons. The lowest BCUT2D eigenvalue weighted by Gasteiger charge is -2.21. The maximum Gasteiger partial charge on any atom is 0.145 e. The number of benzene rings is 13. The highest BCUT2D eigenvalue weighted by Crippen LogP contribution is 2.48. The molecule has 0 saturated heterocycles. The smallest absolute Gasteiger partial charge is 0.145 e. The maximum absolute atomic E-state index is 5.28. The summed E-state index contributed by atoms with van der Waals surface area (Å²) in [5.41, 5.74) is 15.0. The topological polar surface area (TPSA) is 17.8 Å². The van der Waals surface area contributed by atoms with Crippen LogP contribution in [0.5, 0.6) is 0 Å². The third-order valence-electron chi connectivity index (χ3n) is 15.1. The Hall–Kier alpha value is -9.63. The van der Waals surface area contributed by atoms with E-state index < -0.39 is 0 Å². The van der Waals surface area contributed by atoms with Crippen molar-refractivity contribution < 1.29 is 0 Å². The van der Waals surface area contributed by atoms with Crippen LogP contribution in [0.15, 0.2) is 267 Å². The van der Waals surface area contributed by atoms with E-state index in [0.717, 1.165) is 39.2 Å². The molecule has 14 rings (SSSR count). The van der Waals surface area contributed by atoms with Crippen LogP contribution in [0.1, 0.15) is 12.5 Å². The van der Waals surface area contributed by atoms with Crippen LogP contribution in [0.4, 0.5) is 0 Å². The van der Waals surface area contributed by atoms with E-state index in [2.05, 4.69) is 285 Å². The second-order valence-corrected chi connectivity index (χ2v) is 19.3. The van der Waals surface area contributed by atoms with E-state index in [4.69, 9.17) is 4.98 Å². The molecule has 0 aliphatic rings. The van der Waals surface area contributed by atoms with Gasteiger partial charge in [0.1, 0.15) is 5.82 Å². The minimum Gasteiger partial charge on any atom is -0.292 e. The summed E-state index contributed by atoms with van der Waals surface area (Å²) >= 11 is 0. The van der Waals surface area contributed by atoms with Gasteiger partial charge >= 0.3 is 0 Å². The van der Waals surface area contributed by atoms with E-state index >= 15 is 0 Å². The van der Waals surface area contributed by atoms with Gasteiger partial charge in [-0.1, -0.05) is 231 Å². The Labute approximate surface area is 430 Å². The van der Waals surface area contributed by atoms with E-state index in [0.29, 0.717) is 0 Å². The van der Waals surface area contributed by atoms with Crippen molar-refractivity contribution in [1.82, 2.24) is 9.55 Å². The lowest BCUT2D eigenvalue weighted by atomic mass is 9.82. The van der Waals surface area contributed by atoms with Gasteiger partial charge in [-0.25, -0.2) is 4.98 Å². The summed E-state index contributed by atoms with van der Waals surface area (Å²) in [6, 6.07) is 91.4. The molecule has 0 bridgehead atoms. The van der Waals surface area contributed by atoms with Gasteiger partial charge in [0.15, 0.2) is 0 Å². The van der Waals surface area contributed by atoms with E-state index in [1.54, 1.807) is 0 Å². The second kappa shape index (κ2) is 17.9. The number of allylic oxidation sites excluding steroid dienone is 3. The van der Waals surface area contributed by atoms with Crippen LogP contribution in [-0.2, 0) is 0 Å².